The van der Waals surface area contributed by atoms with E-state index in [0.717, 1.165) is 4.88 Å². The summed E-state index contributed by atoms with van der Waals surface area (Å²) in [4.78, 5) is 4.77. The average Bonchev–Trinajstić information content (AvgIpc) is 2.90. The Labute approximate surface area is 121 Å². The van der Waals surface area contributed by atoms with Crippen LogP contribution in [0.15, 0.2) is 40.7 Å². The van der Waals surface area contributed by atoms with Gasteiger partial charge in [-0.3, -0.25) is 0 Å². The van der Waals surface area contributed by atoms with Crippen molar-refractivity contribution in [2.75, 3.05) is 0 Å². The Morgan fingerprint density at radius 2 is 2.21 bits per heavy atom. The van der Waals surface area contributed by atoms with Crippen molar-refractivity contribution in [1.82, 2.24) is 9.71 Å². The third-order valence-electron chi connectivity index (χ3n) is 2.61. The molecule has 0 aliphatic rings. The van der Waals surface area contributed by atoms with E-state index in [9.17, 15) is 8.42 Å². The maximum absolute atomic E-state index is 12.3. The van der Waals surface area contributed by atoms with Gasteiger partial charge in [-0.25, -0.2) is 18.1 Å². The van der Waals surface area contributed by atoms with Gasteiger partial charge in [0.2, 0.25) is 10.0 Å². The number of pyridine rings is 1. The molecule has 19 heavy (non-hydrogen) atoms. The van der Waals surface area contributed by atoms with Crippen LogP contribution < -0.4 is 4.72 Å². The number of nitrogens with zero attached hydrogens (tertiary/aromatic N) is 1. The van der Waals surface area contributed by atoms with E-state index in [-0.39, 0.29) is 16.1 Å². The Hall–Kier alpha value is -0.950. The maximum atomic E-state index is 12.3. The molecule has 2 aromatic rings. The Balaban J connectivity index is 2.29. The Morgan fingerprint density at radius 3 is 2.79 bits per heavy atom. The first-order chi connectivity index (χ1) is 9.04. The topological polar surface area (TPSA) is 59.1 Å². The highest BCUT2D eigenvalue weighted by Crippen LogP contribution is 2.25. The minimum absolute atomic E-state index is 0.00618. The maximum Gasteiger partial charge on any atom is 0.244 e. The van der Waals surface area contributed by atoms with Crippen LogP contribution in [0, 0.1) is 0 Å². The lowest BCUT2D eigenvalue weighted by Crippen LogP contribution is -2.28. The number of hydrogen-bond acceptors (Lipinski definition) is 4. The molecule has 0 saturated heterocycles. The van der Waals surface area contributed by atoms with Gasteiger partial charge in [0, 0.05) is 11.1 Å². The largest absolute Gasteiger partial charge is 0.244 e. The quantitative estimate of drug-likeness (QED) is 0.862. The lowest BCUT2D eigenvalue weighted by atomic mass is 10.2. The van der Waals surface area contributed by atoms with Gasteiger partial charge in [-0.15, -0.1) is 11.3 Å². The summed E-state index contributed by atoms with van der Waals surface area (Å²) >= 11 is 7.35. The molecule has 1 unspecified atom stereocenters. The molecule has 0 aromatic carbocycles. The van der Waals surface area contributed by atoms with Crippen LogP contribution in [0.25, 0.3) is 0 Å². The van der Waals surface area contributed by atoms with Crippen molar-refractivity contribution in [2.45, 2.75) is 24.3 Å². The SMILES string of the molecule is CCC(NS(=O)(=O)c1cccnc1Cl)c1cccs1. The van der Waals surface area contributed by atoms with Gasteiger partial charge in [-0.05, 0) is 30.0 Å². The smallest absolute Gasteiger partial charge is 0.243 e. The molecule has 0 saturated carbocycles. The molecule has 102 valence electrons. The summed E-state index contributed by atoms with van der Waals surface area (Å²) in [7, 11) is -3.67. The van der Waals surface area contributed by atoms with Crippen molar-refractivity contribution < 1.29 is 8.42 Å². The van der Waals surface area contributed by atoms with Crippen molar-refractivity contribution in [3.05, 3.63) is 45.9 Å². The fourth-order valence-electron chi connectivity index (χ4n) is 1.65. The van der Waals surface area contributed by atoms with Crippen molar-refractivity contribution in [2.24, 2.45) is 0 Å². The van der Waals surface area contributed by atoms with E-state index in [2.05, 4.69) is 9.71 Å². The van der Waals surface area contributed by atoms with E-state index in [0.29, 0.717) is 6.42 Å². The van der Waals surface area contributed by atoms with E-state index < -0.39 is 10.0 Å². The number of sulfonamides is 1. The van der Waals surface area contributed by atoms with Crippen LogP contribution in [-0.2, 0) is 10.0 Å². The van der Waals surface area contributed by atoms with Gasteiger partial charge < -0.3 is 0 Å². The predicted octanol–water partition coefficient (Wildman–Crippen LogP) is 3.23. The first kappa shape index (κ1) is 14.5. The third kappa shape index (κ3) is 3.33. The predicted molar refractivity (Wildman–Crippen MR) is 76.9 cm³/mol. The van der Waals surface area contributed by atoms with Crippen LogP contribution in [0.3, 0.4) is 0 Å². The van der Waals surface area contributed by atoms with Gasteiger partial charge in [0.1, 0.15) is 10.0 Å². The van der Waals surface area contributed by atoms with Gasteiger partial charge >= 0.3 is 0 Å². The second kappa shape index (κ2) is 6.00. The van der Waals surface area contributed by atoms with Crippen LogP contribution >= 0.6 is 22.9 Å². The molecule has 0 radical (unpaired) electrons. The van der Waals surface area contributed by atoms with E-state index in [1.54, 1.807) is 6.07 Å². The summed E-state index contributed by atoms with van der Waals surface area (Å²) in [6.45, 7) is 1.93. The lowest BCUT2D eigenvalue weighted by molar-refractivity contribution is 0.553. The minimum Gasteiger partial charge on any atom is -0.243 e. The van der Waals surface area contributed by atoms with Gasteiger partial charge in [-0.1, -0.05) is 24.6 Å². The molecule has 0 aliphatic carbocycles. The summed E-state index contributed by atoms with van der Waals surface area (Å²) < 4.78 is 27.2. The monoisotopic (exact) mass is 316 g/mol. The number of hydrogen-bond donors (Lipinski definition) is 1. The Kier molecular flexibility index (Phi) is 4.57. The first-order valence-corrected chi connectivity index (χ1v) is 8.45. The van der Waals surface area contributed by atoms with Crippen LogP contribution in [0.5, 0.6) is 0 Å². The van der Waals surface area contributed by atoms with E-state index >= 15 is 0 Å². The minimum atomic E-state index is -3.67. The zero-order valence-corrected chi connectivity index (χ0v) is 12.6. The fraction of sp³-hybridized carbons (Fsp3) is 0.250. The lowest BCUT2D eigenvalue weighted by Gasteiger charge is -2.16. The van der Waals surface area contributed by atoms with E-state index in [1.165, 1.54) is 23.6 Å². The van der Waals surface area contributed by atoms with Crippen molar-refractivity contribution >= 4 is 33.0 Å². The molecule has 2 heterocycles. The molecular weight excluding hydrogens is 304 g/mol. The fourth-order valence-corrected chi connectivity index (χ4v) is 4.34. The third-order valence-corrected chi connectivity index (χ3v) is 5.51. The number of halogens is 1. The van der Waals surface area contributed by atoms with Crippen LogP contribution in [-0.4, -0.2) is 13.4 Å². The van der Waals surface area contributed by atoms with Crippen LogP contribution in [0.4, 0.5) is 0 Å². The van der Waals surface area contributed by atoms with Crippen LogP contribution in [0.2, 0.25) is 5.15 Å². The highest BCUT2D eigenvalue weighted by Gasteiger charge is 2.23. The highest BCUT2D eigenvalue weighted by molar-refractivity contribution is 7.89. The zero-order valence-electron chi connectivity index (χ0n) is 10.2. The van der Waals surface area contributed by atoms with E-state index in [1.807, 2.05) is 24.4 Å². The molecule has 0 aliphatic heterocycles. The molecule has 0 spiro atoms. The molecule has 2 rings (SSSR count). The highest BCUT2D eigenvalue weighted by atomic mass is 35.5. The van der Waals surface area contributed by atoms with Crippen molar-refractivity contribution in [1.29, 1.82) is 0 Å². The van der Waals surface area contributed by atoms with Gasteiger partial charge in [0.15, 0.2) is 0 Å². The number of nitrogens with one attached hydrogen (secondary N) is 1. The zero-order chi connectivity index (χ0) is 13.9. The van der Waals surface area contributed by atoms with Crippen LogP contribution in [0.1, 0.15) is 24.3 Å². The van der Waals surface area contributed by atoms with E-state index in [4.69, 9.17) is 11.6 Å². The molecule has 1 N–H and O–H groups in total. The normalized spacial score (nSPS) is 13.4. The van der Waals surface area contributed by atoms with Crippen molar-refractivity contribution in [3.63, 3.8) is 0 Å². The summed E-state index contributed by atoms with van der Waals surface area (Å²) in [5.41, 5.74) is 0. The molecule has 0 fully saturated rings. The van der Waals surface area contributed by atoms with Gasteiger partial charge in [-0.2, -0.15) is 0 Å². The summed E-state index contributed by atoms with van der Waals surface area (Å²) in [5.74, 6) is 0. The molecule has 1 atom stereocenters. The second-order valence-corrected chi connectivity index (χ2v) is 6.91. The molecule has 0 bridgehead atoms. The molecular formula is C12H13ClN2O2S2. The second-order valence-electron chi connectivity index (χ2n) is 3.89. The first-order valence-electron chi connectivity index (χ1n) is 5.71. The standard InChI is InChI=1S/C12H13ClN2O2S2/c1-2-9(10-5-4-8-18-10)15-19(16,17)11-6-3-7-14-12(11)13/h3-9,15H,2H2,1H3. The molecule has 2 aromatic heterocycles. The van der Waals surface area contributed by atoms with Gasteiger partial charge in [0.05, 0.1) is 6.04 Å². The van der Waals surface area contributed by atoms with Crippen molar-refractivity contribution in [3.8, 4) is 0 Å². The number of rotatable bonds is 5. The Morgan fingerprint density at radius 1 is 1.42 bits per heavy atom. The number of thiophene rings is 1. The molecule has 4 nitrogen and oxygen atoms in total. The van der Waals surface area contributed by atoms with Gasteiger partial charge in [0.25, 0.3) is 0 Å². The molecule has 0 amide bonds. The summed E-state index contributed by atoms with van der Waals surface area (Å²) in [6, 6.07) is 6.55. The summed E-state index contributed by atoms with van der Waals surface area (Å²) in [5, 5.41) is 1.90. The number of aromatic nitrogens is 1. The summed E-state index contributed by atoms with van der Waals surface area (Å²) in [6.07, 6.45) is 2.12. The molecule has 7 heteroatoms. The Bertz CT molecular complexity index is 642. The average molecular weight is 317 g/mol.